The second-order valence-corrected chi connectivity index (χ2v) is 3.57. The van der Waals surface area contributed by atoms with E-state index in [0.717, 1.165) is 17.2 Å². The Bertz CT molecular complexity index is 479. The van der Waals surface area contributed by atoms with E-state index in [2.05, 4.69) is 15.3 Å². The second kappa shape index (κ2) is 4.26. The maximum Gasteiger partial charge on any atom is 0.134 e. The lowest BCUT2D eigenvalue weighted by atomic mass is 10.3. The first kappa shape index (κ1) is 10.5. The number of aromatic nitrogens is 2. The molecule has 0 bridgehead atoms. The molecule has 1 N–H and O–H groups in total. The van der Waals surface area contributed by atoms with Gasteiger partial charge in [-0.05, 0) is 38.1 Å². The summed E-state index contributed by atoms with van der Waals surface area (Å²) in [6.07, 6.45) is 0. The third-order valence-corrected chi connectivity index (χ3v) is 2.08. The van der Waals surface area contributed by atoms with Crippen LogP contribution in [0.3, 0.4) is 0 Å². The molecule has 0 saturated heterocycles. The van der Waals surface area contributed by atoms with Gasteiger partial charge in [-0.25, -0.2) is 14.4 Å². The lowest BCUT2D eigenvalue weighted by Gasteiger charge is -2.06. The number of rotatable bonds is 2. The van der Waals surface area contributed by atoms with Gasteiger partial charge in [-0.3, -0.25) is 0 Å². The molecule has 0 unspecified atom stereocenters. The second-order valence-electron chi connectivity index (χ2n) is 3.57. The van der Waals surface area contributed by atoms with Gasteiger partial charge < -0.3 is 5.32 Å². The normalized spacial score (nSPS) is 10.2. The summed E-state index contributed by atoms with van der Waals surface area (Å²) >= 11 is 0. The minimum Gasteiger partial charge on any atom is -0.340 e. The Balaban J connectivity index is 0.00000144. The summed E-state index contributed by atoms with van der Waals surface area (Å²) in [7, 11) is 0. The van der Waals surface area contributed by atoms with Crippen LogP contribution in [0.15, 0.2) is 30.3 Å². The zero-order chi connectivity index (χ0) is 11.5. The maximum atomic E-state index is 12.7. The molecule has 0 radical (unpaired) electrons. The van der Waals surface area contributed by atoms with Gasteiger partial charge in [0.15, 0.2) is 0 Å². The molecule has 2 aromatic rings. The minimum absolute atomic E-state index is 0. The van der Waals surface area contributed by atoms with E-state index in [1.807, 2.05) is 19.9 Å². The van der Waals surface area contributed by atoms with Gasteiger partial charge in [-0.1, -0.05) is 0 Å². The molecular formula is C12H14FN3. The Morgan fingerprint density at radius 3 is 2.44 bits per heavy atom. The average molecular weight is 219 g/mol. The van der Waals surface area contributed by atoms with Crippen LogP contribution in [0.2, 0.25) is 0 Å². The first-order valence-electron chi connectivity index (χ1n) is 4.98. The average Bonchev–Trinajstić information content (AvgIpc) is 2.20. The molecule has 0 aliphatic carbocycles. The Labute approximate surface area is 94.9 Å². The maximum absolute atomic E-state index is 12.7. The fraction of sp³-hybridized carbons (Fsp3) is 0.167. The number of benzene rings is 1. The van der Waals surface area contributed by atoms with Crippen molar-refractivity contribution < 1.29 is 5.82 Å². The standard InChI is InChI=1S/C12H12FN3.H2/c1-8-7-12(15-9(2)14-8)16-11-5-3-10(13)4-6-11;/h3-7H,1-2H3,(H,14,15,16);1H. The van der Waals surface area contributed by atoms with Crippen molar-refractivity contribution in [3.63, 3.8) is 0 Å². The first-order chi connectivity index (χ1) is 7.63. The lowest BCUT2D eigenvalue weighted by Crippen LogP contribution is -1.98. The van der Waals surface area contributed by atoms with E-state index in [0.29, 0.717) is 5.82 Å². The van der Waals surface area contributed by atoms with E-state index in [9.17, 15) is 4.39 Å². The predicted molar refractivity (Wildman–Crippen MR) is 63.3 cm³/mol. The van der Waals surface area contributed by atoms with Gasteiger partial charge in [0.05, 0.1) is 0 Å². The number of aryl methyl sites for hydroxylation is 2. The molecule has 0 aliphatic rings. The van der Waals surface area contributed by atoms with Crippen molar-refractivity contribution in [2.24, 2.45) is 0 Å². The molecule has 1 heterocycles. The van der Waals surface area contributed by atoms with Crippen molar-refractivity contribution in [2.75, 3.05) is 5.32 Å². The Kier molecular flexibility index (Phi) is 2.81. The van der Waals surface area contributed by atoms with E-state index in [1.165, 1.54) is 12.1 Å². The third-order valence-electron chi connectivity index (χ3n) is 2.08. The van der Waals surface area contributed by atoms with Gasteiger partial charge in [0.1, 0.15) is 17.5 Å². The molecule has 4 heteroatoms. The van der Waals surface area contributed by atoms with Gasteiger partial charge in [0, 0.05) is 18.9 Å². The number of hydrogen-bond donors (Lipinski definition) is 1. The Morgan fingerprint density at radius 1 is 1.12 bits per heavy atom. The zero-order valence-corrected chi connectivity index (χ0v) is 9.16. The summed E-state index contributed by atoms with van der Waals surface area (Å²) in [5.41, 5.74) is 1.70. The van der Waals surface area contributed by atoms with Gasteiger partial charge in [0.2, 0.25) is 0 Å². The highest BCUT2D eigenvalue weighted by atomic mass is 19.1. The molecule has 0 saturated carbocycles. The summed E-state index contributed by atoms with van der Waals surface area (Å²) in [4.78, 5) is 8.41. The molecule has 0 aliphatic heterocycles. The molecule has 0 atom stereocenters. The van der Waals surface area contributed by atoms with Crippen LogP contribution in [-0.4, -0.2) is 9.97 Å². The Hall–Kier alpha value is -1.97. The number of anilines is 2. The summed E-state index contributed by atoms with van der Waals surface area (Å²) in [5.74, 6) is 1.18. The van der Waals surface area contributed by atoms with Crippen molar-refractivity contribution >= 4 is 11.5 Å². The molecule has 1 aromatic heterocycles. The largest absolute Gasteiger partial charge is 0.340 e. The van der Waals surface area contributed by atoms with E-state index in [-0.39, 0.29) is 7.24 Å². The number of halogens is 1. The molecule has 84 valence electrons. The van der Waals surface area contributed by atoms with Crippen molar-refractivity contribution in [3.8, 4) is 0 Å². The van der Waals surface area contributed by atoms with Crippen LogP contribution < -0.4 is 5.32 Å². The van der Waals surface area contributed by atoms with Gasteiger partial charge in [-0.2, -0.15) is 0 Å². The first-order valence-corrected chi connectivity index (χ1v) is 4.98. The van der Waals surface area contributed by atoms with E-state index in [4.69, 9.17) is 0 Å². The van der Waals surface area contributed by atoms with Crippen molar-refractivity contribution in [2.45, 2.75) is 13.8 Å². The highest BCUT2D eigenvalue weighted by molar-refractivity contribution is 5.55. The van der Waals surface area contributed by atoms with Gasteiger partial charge in [0.25, 0.3) is 0 Å². The number of hydrogen-bond acceptors (Lipinski definition) is 3. The molecule has 0 spiro atoms. The van der Waals surface area contributed by atoms with E-state index >= 15 is 0 Å². The number of nitrogens with zero attached hydrogens (tertiary/aromatic N) is 2. The Morgan fingerprint density at radius 2 is 1.81 bits per heavy atom. The van der Waals surface area contributed by atoms with Gasteiger partial charge >= 0.3 is 0 Å². The quantitative estimate of drug-likeness (QED) is 0.842. The van der Waals surface area contributed by atoms with E-state index < -0.39 is 0 Å². The molecule has 0 amide bonds. The smallest absolute Gasteiger partial charge is 0.134 e. The van der Waals surface area contributed by atoms with Gasteiger partial charge in [-0.15, -0.1) is 0 Å². The fourth-order valence-electron chi connectivity index (χ4n) is 1.46. The highest BCUT2D eigenvalue weighted by Gasteiger charge is 1.99. The van der Waals surface area contributed by atoms with E-state index in [1.54, 1.807) is 12.1 Å². The molecule has 3 nitrogen and oxygen atoms in total. The van der Waals surface area contributed by atoms with Crippen LogP contribution in [0.4, 0.5) is 15.9 Å². The van der Waals surface area contributed by atoms with Crippen LogP contribution in [0.1, 0.15) is 12.9 Å². The SMILES string of the molecule is Cc1cc(Nc2ccc(F)cc2)nc(C)n1.[HH]. The van der Waals surface area contributed by atoms with Crippen LogP contribution in [0.5, 0.6) is 0 Å². The fourth-order valence-corrected chi connectivity index (χ4v) is 1.46. The molecular weight excluding hydrogens is 205 g/mol. The summed E-state index contributed by atoms with van der Waals surface area (Å²) in [6, 6.07) is 7.99. The summed E-state index contributed by atoms with van der Waals surface area (Å²) in [6.45, 7) is 3.74. The summed E-state index contributed by atoms with van der Waals surface area (Å²) < 4.78 is 12.7. The number of nitrogens with one attached hydrogen (secondary N) is 1. The zero-order valence-electron chi connectivity index (χ0n) is 9.16. The topological polar surface area (TPSA) is 37.8 Å². The van der Waals surface area contributed by atoms with Crippen molar-refractivity contribution in [3.05, 3.63) is 47.7 Å². The van der Waals surface area contributed by atoms with Crippen LogP contribution in [0.25, 0.3) is 0 Å². The molecule has 0 fully saturated rings. The predicted octanol–water partition coefficient (Wildman–Crippen LogP) is 3.22. The van der Waals surface area contributed by atoms with Crippen LogP contribution in [-0.2, 0) is 0 Å². The molecule has 1 aromatic carbocycles. The third kappa shape index (κ3) is 2.53. The monoisotopic (exact) mass is 219 g/mol. The highest BCUT2D eigenvalue weighted by Crippen LogP contribution is 2.15. The lowest BCUT2D eigenvalue weighted by molar-refractivity contribution is 0.628. The minimum atomic E-state index is -0.249. The van der Waals surface area contributed by atoms with Crippen LogP contribution in [0, 0.1) is 19.7 Å². The molecule has 2 rings (SSSR count). The molecule has 16 heavy (non-hydrogen) atoms. The summed E-state index contributed by atoms with van der Waals surface area (Å²) in [5, 5.41) is 3.10. The van der Waals surface area contributed by atoms with Crippen molar-refractivity contribution in [1.29, 1.82) is 0 Å². The van der Waals surface area contributed by atoms with Crippen LogP contribution >= 0.6 is 0 Å². The van der Waals surface area contributed by atoms with Crippen molar-refractivity contribution in [1.82, 2.24) is 9.97 Å².